The Balaban J connectivity index is 1.86. The lowest BCUT2D eigenvalue weighted by Crippen LogP contribution is -2.11. The number of nitrogens with two attached hydrogens (primary N) is 1. The van der Waals surface area contributed by atoms with Crippen LogP contribution in [0.1, 0.15) is 25.3 Å². The number of benzene rings is 2. The second-order valence-corrected chi connectivity index (χ2v) is 4.93. The molecular formula is C17H21NO2. The Bertz CT molecular complexity index is 552. The average Bonchev–Trinajstić information content (AvgIpc) is 2.45. The van der Waals surface area contributed by atoms with Gasteiger partial charge in [-0.1, -0.05) is 44.2 Å². The van der Waals surface area contributed by atoms with Crippen LogP contribution >= 0.6 is 0 Å². The summed E-state index contributed by atoms with van der Waals surface area (Å²) in [6.45, 7) is 5.28. The van der Waals surface area contributed by atoms with Crippen LogP contribution in [0.2, 0.25) is 0 Å². The molecule has 2 aromatic carbocycles. The molecule has 3 heteroatoms. The molecule has 0 aliphatic carbocycles. The van der Waals surface area contributed by atoms with Crippen molar-refractivity contribution in [1.82, 2.24) is 0 Å². The molecule has 2 rings (SSSR count). The van der Waals surface area contributed by atoms with Crippen LogP contribution in [0.5, 0.6) is 11.5 Å². The largest absolute Gasteiger partial charge is 0.490 e. The summed E-state index contributed by atoms with van der Waals surface area (Å²) in [6.07, 6.45) is 0. The molecule has 0 aliphatic heterocycles. The molecule has 0 fully saturated rings. The molecule has 0 unspecified atom stereocenters. The van der Waals surface area contributed by atoms with E-state index in [2.05, 4.69) is 19.9 Å². The number of anilines is 1. The summed E-state index contributed by atoms with van der Waals surface area (Å²) in [7, 11) is 0. The molecule has 0 spiro atoms. The summed E-state index contributed by atoms with van der Waals surface area (Å²) in [4.78, 5) is 0. The van der Waals surface area contributed by atoms with Crippen LogP contribution in [0.4, 0.5) is 5.69 Å². The Morgan fingerprint density at radius 1 is 0.850 bits per heavy atom. The Kier molecular flexibility index (Phi) is 4.88. The summed E-state index contributed by atoms with van der Waals surface area (Å²) in [5, 5.41) is 0. The Morgan fingerprint density at radius 2 is 1.40 bits per heavy atom. The van der Waals surface area contributed by atoms with E-state index in [0.717, 1.165) is 5.75 Å². The first-order valence-electron chi connectivity index (χ1n) is 6.87. The maximum Gasteiger partial charge on any atom is 0.142 e. The first kappa shape index (κ1) is 14.3. The molecule has 0 radical (unpaired) electrons. The molecule has 3 nitrogen and oxygen atoms in total. The normalized spacial score (nSPS) is 10.6. The van der Waals surface area contributed by atoms with Crippen LogP contribution in [-0.2, 0) is 0 Å². The number of para-hydroxylation sites is 3. The summed E-state index contributed by atoms with van der Waals surface area (Å²) in [6, 6.07) is 15.6. The smallest absolute Gasteiger partial charge is 0.142 e. The lowest BCUT2D eigenvalue weighted by molar-refractivity contribution is 0.216. The third kappa shape index (κ3) is 3.67. The van der Waals surface area contributed by atoms with E-state index in [9.17, 15) is 0 Å². The van der Waals surface area contributed by atoms with Gasteiger partial charge in [-0.3, -0.25) is 0 Å². The first-order valence-corrected chi connectivity index (χ1v) is 6.87. The quantitative estimate of drug-likeness (QED) is 0.641. The standard InChI is InChI=1S/C17H21NO2/c1-13(2)14-7-3-5-9-16(14)19-11-12-20-17-10-6-4-8-15(17)18/h3-10,13H,11-12,18H2,1-2H3. The van der Waals surface area contributed by atoms with Crippen molar-refractivity contribution in [2.45, 2.75) is 19.8 Å². The molecule has 0 saturated carbocycles. The van der Waals surface area contributed by atoms with Gasteiger partial charge >= 0.3 is 0 Å². The molecule has 106 valence electrons. The lowest BCUT2D eigenvalue weighted by Gasteiger charge is -2.14. The maximum absolute atomic E-state index is 5.81. The van der Waals surface area contributed by atoms with Gasteiger partial charge in [0.2, 0.25) is 0 Å². The van der Waals surface area contributed by atoms with Crippen molar-refractivity contribution >= 4 is 5.69 Å². The number of ether oxygens (including phenoxy) is 2. The monoisotopic (exact) mass is 271 g/mol. The minimum Gasteiger partial charge on any atom is -0.490 e. The molecule has 0 aliphatic rings. The van der Waals surface area contributed by atoms with E-state index in [-0.39, 0.29) is 0 Å². The molecule has 20 heavy (non-hydrogen) atoms. The lowest BCUT2D eigenvalue weighted by atomic mass is 10.0. The van der Waals surface area contributed by atoms with Crippen LogP contribution < -0.4 is 15.2 Å². The number of nitrogen functional groups attached to an aromatic ring is 1. The van der Waals surface area contributed by atoms with Gasteiger partial charge in [-0.25, -0.2) is 0 Å². The van der Waals surface area contributed by atoms with Crippen LogP contribution in [0.3, 0.4) is 0 Å². The molecule has 0 saturated heterocycles. The van der Waals surface area contributed by atoms with Gasteiger partial charge in [-0.2, -0.15) is 0 Å². The highest BCUT2D eigenvalue weighted by Gasteiger charge is 2.06. The minimum atomic E-state index is 0.442. The highest BCUT2D eigenvalue weighted by molar-refractivity contribution is 5.51. The van der Waals surface area contributed by atoms with Gasteiger partial charge in [-0.15, -0.1) is 0 Å². The van der Waals surface area contributed by atoms with Crippen molar-refractivity contribution < 1.29 is 9.47 Å². The first-order chi connectivity index (χ1) is 9.68. The van der Waals surface area contributed by atoms with E-state index in [4.69, 9.17) is 15.2 Å². The van der Waals surface area contributed by atoms with E-state index in [1.165, 1.54) is 5.56 Å². The fourth-order valence-electron chi connectivity index (χ4n) is 2.00. The van der Waals surface area contributed by atoms with Crippen LogP contribution in [0, 0.1) is 0 Å². The third-order valence-electron chi connectivity index (χ3n) is 3.06. The van der Waals surface area contributed by atoms with Gasteiger partial charge in [0.15, 0.2) is 0 Å². The predicted molar refractivity (Wildman–Crippen MR) is 82.4 cm³/mol. The van der Waals surface area contributed by atoms with Crippen molar-refractivity contribution in [2.24, 2.45) is 0 Å². The van der Waals surface area contributed by atoms with Crippen LogP contribution in [0.25, 0.3) is 0 Å². The van der Waals surface area contributed by atoms with Gasteiger partial charge in [0.05, 0.1) is 5.69 Å². The van der Waals surface area contributed by atoms with E-state index in [1.54, 1.807) is 0 Å². The van der Waals surface area contributed by atoms with Crippen molar-refractivity contribution in [2.75, 3.05) is 18.9 Å². The fourth-order valence-corrected chi connectivity index (χ4v) is 2.00. The van der Waals surface area contributed by atoms with Gasteiger partial charge in [0, 0.05) is 0 Å². The van der Waals surface area contributed by atoms with Crippen LogP contribution in [-0.4, -0.2) is 13.2 Å². The van der Waals surface area contributed by atoms with Gasteiger partial charge in [0.1, 0.15) is 24.7 Å². The second-order valence-electron chi connectivity index (χ2n) is 4.93. The number of hydrogen-bond acceptors (Lipinski definition) is 3. The van der Waals surface area contributed by atoms with E-state index >= 15 is 0 Å². The highest BCUT2D eigenvalue weighted by Crippen LogP contribution is 2.26. The van der Waals surface area contributed by atoms with E-state index in [0.29, 0.717) is 30.6 Å². The minimum absolute atomic E-state index is 0.442. The van der Waals surface area contributed by atoms with Crippen molar-refractivity contribution in [3.8, 4) is 11.5 Å². The van der Waals surface area contributed by atoms with Crippen molar-refractivity contribution in [3.05, 3.63) is 54.1 Å². The SMILES string of the molecule is CC(C)c1ccccc1OCCOc1ccccc1N. The molecule has 2 aromatic rings. The average molecular weight is 271 g/mol. The summed E-state index contributed by atoms with van der Waals surface area (Å²) < 4.78 is 11.4. The fraction of sp³-hybridized carbons (Fsp3) is 0.294. The zero-order valence-electron chi connectivity index (χ0n) is 12.0. The van der Waals surface area contributed by atoms with E-state index in [1.807, 2.05) is 42.5 Å². The zero-order valence-corrected chi connectivity index (χ0v) is 12.0. The van der Waals surface area contributed by atoms with Crippen molar-refractivity contribution in [1.29, 1.82) is 0 Å². The zero-order chi connectivity index (χ0) is 14.4. The van der Waals surface area contributed by atoms with Crippen LogP contribution in [0.15, 0.2) is 48.5 Å². The Hall–Kier alpha value is -2.16. The van der Waals surface area contributed by atoms with E-state index < -0.39 is 0 Å². The Morgan fingerprint density at radius 3 is 2.05 bits per heavy atom. The van der Waals surface area contributed by atoms with Crippen molar-refractivity contribution in [3.63, 3.8) is 0 Å². The highest BCUT2D eigenvalue weighted by atomic mass is 16.5. The molecule has 0 amide bonds. The molecule has 2 N–H and O–H groups in total. The summed E-state index contributed by atoms with van der Waals surface area (Å²) in [5.74, 6) is 2.07. The number of rotatable bonds is 6. The Labute approximate surface area is 120 Å². The van der Waals surface area contributed by atoms with Gasteiger partial charge in [-0.05, 0) is 29.7 Å². The summed E-state index contributed by atoms with van der Waals surface area (Å²) in [5.41, 5.74) is 7.67. The molecule has 0 aromatic heterocycles. The van der Waals surface area contributed by atoms with Gasteiger partial charge < -0.3 is 15.2 Å². The second kappa shape index (κ2) is 6.85. The molecule has 0 bridgehead atoms. The molecule has 0 atom stereocenters. The maximum atomic E-state index is 5.81. The topological polar surface area (TPSA) is 44.5 Å². The number of hydrogen-bond donors (Lipinski definition) is 1. The molecule has 0 heterocycles. The van der Waals surface area contributed by atoms with Gasteiger partial charge in [0.25, 0.3) is 0 Å². The molecular weight excluding hydrogens is 250 g/mol. The summed E-state index contributed by atoms with van der Waals surface area (Å²) >= 11 is 0. The third-order valence-corrected chi connectivity index (χ3v) is 3.06. The predicted octanol–water partition coefficient (Wildman–Crippen LogP) is 3.85.